The summed E-state index contributed by atoms with van der Waals surface area (Å²) in [4.78, 5) is 11.3. The number of nitrogens with two attached hydrogens (primary N) is 1. The lowest BCUT2D eigenvalue weighted by molar-refractivity contribution is -0.274. The minimum atomic E-state index is -4.83. The SMILES string of the molecule is CCOC(=O)c1cc(N)cc(OC(F)(F)F)c1. The normalized spacial score (nSPS) is 11.1. The molecule has 0 unspecified atom stereocenters. The Labute approximate surface area is 95.1 Å². The highest BCUT2D eigenvalue weighted by Gasteiger charge is 2.31. The van der Waals surface area contributed by atoms with E-state index in [0.29, 0.717) is 0 Å². The summed E-state index contributed by atoms with van der Waals surface area (Å²) in [5, 5.41) is 0. The Morgan fingerprint density at radius 3 is 2.53 bits per heavy atom. The van der Waals surface area contributed by atoms with Crippen molar-refractivity contribution >= 4 is 11.7 Å². The van der Waals surface area contributed by atoms with Crippen LogP contribution in [0.1, 0.15) is 17.3 Å². The van der Waals surface area contributed by atoms with E-state index in [2.05, 4.69) is 9.47 Å². The maximum Gasteiger partial charge on any atom is 0.573 e. The molecule has 0 atom stereocenters. The van der Waals surface area contributed by atoms with Gasteiger partial charge in [-0.1, -0.05) is 0 Å². The first kappa shape index (κ1) is 13.1. The van der Waals surface area contributed by atoms with Crippen LogP contribution in [0.5, 0.6) is 5.75 Å². The lowest BCUT2D eigenvalue weighted by Crippen LogP contribution is -2.17. The van der Waals surface area contributed by atoms with Gasteiger partial charge in [-0.3, -0.25) is 0 Å². The number of anilines is 1. The molecule has 0 aliphatic carbocycles. The molecule has 0 aliphatic heterocycles. The zero-order chi connectivity index (χ0) is 13.1. The van der Waals surface area contributed by atoms with Gasteiger partial charge in [-0.2, -0.15) is 0 Å². The van der Waals surface area contributed by atoms with Crippen LogP contribution in [0.3, 0.4) is 0 Å². The summed E-state index contributed by atoms with van der Waals surface area (Å²) in [6.07, 6.45) is -4.83. The van der Waals surface area contributed by atoms with Crippen molar-refractivity contribution in [3.05, 3.63) is 23.8 Å². The molecular formula is C10H10F3NO3. The van der Waals surface area contributed by atoms with Gasteiger partial charge >= 0.3 is 12.3 Å². The van der Waals surface area contributed by atoms with Gasteiger partial charge in [0.1, 0.15) is 5.75 Å². The predicted octanol–water partition coefficient (Wildman–Crippen LogP) is 2.34. The average molecular weight is 249 g/mol. The Bertz CT molecular complexity index is 418. The van der Waals surface area contributed by atoms with Crippen molar-refractivity contribution < 1.29 is 27.4 Å². The monoisotopic (exact) mass is 249 g/mol. The van der Waals surface area contributed by atoms with Crippen molar-refractivity contribution in [1.82, 2.24) is 0 Å². The molecule has 0 radical (unpaired) electrons. The molecular weight excluding hydrogens is 239 g/mol. The zero-order valence-corrected chi connectivity index (χ0v) is 8.88. The molecule has 0 spiro atoms. The predicted molar refractivity (Wildman–Crippen MR) is 53.5 cm³/mol. The van der Waals surface area contributed by atoms with Crippen molar-refractivity contribution in [2.75, 3.05) is 12.3 Å². The van der Waals surface area contributed by atoms with E-state index in [4.69, 9.17) is 5.73 Å². The summed E-state index contributed by atoms with van der Waals surface area (Å²) < 4.78 is 44.2. The number of carbonyl (C=O) groups excluding carboxylic acids is 1. The number of hydrogen-bond acceptors (Lipinski definition) is 4. The van der Waals surface area contributed by atoms with Crippen LogP contribution >= 0.6 is 0 Å². The molecule has 0 aromatic heterocycles. The van der Waals surface area contributed by atoms with Gasteiger partial charge in [0, 0.05) is 11.8 Å². The van der Waals surface area contributed by atoms with E-state index in [9.17, 15) is 18.0 Å². The Balaban J connectivity index is 2.98. The quantitative estimate of drug-likeness (QED) is 0.659. The lowest BCUT2D eigenvalue weighted by Gasteiger charge is -2.10. The number of esters is 1. The van der Waals surface area contributed by atoms with Crippen LogP contribution in [0, 0.1) is 0 Å². The maximum absolute atomic E-state index is 12.0. The number of rotatable bonds is 3. The first-order valence-electron chi connectivity index (χ1n) is 4.65. The van der Waals surface area contributed by atoms with Crippen LogP contribution in [0.4, 0.5) is 18.9 Å². The number of carbonyl (C=O) groups is 1. The van der Waals surface area contributed by atoms with Gasteiger partial charge in [0.15, 0.2) is 0 Å². The molecule has 0 heterocycles. The summed E-state index contributed by atoms with van der Waals surface area (Å²) in [5.41, 5.74) is 5.25. The van der Waals surface area contributed by atoms with E-state index in [1.54, 1.807) is 6.92 Å². The fraction of sp³-hybridized carbons (Fsp3) is 0.300. The first-order valence-corrected chi connectivity index (χ1v) is 4.65. The van der Waals surface area contributed by atoms with Crippen molar-refractivity contribution in [2.45, 2.75) is 13.3 Å². The van der Waals surface area contributed by atoms with Crippen molar-refractivity contribution in [3.8, 4) is 5.75 Å². The summed E-state index contributed by atoms with van der Waals surface area (Å²) in [6, 6.07) is 3.10. The van der Waals surface area contributed by atoms with Gasteiger partial charge < -0.3 is 15.2 Å². The summed E-state index contributed by atoms with van der Waals surface area (Å²) >= 11 is 0. The number of ether oxygens (including phenoxy) is 2. The number of benzene rings is 1. The number of nitrogen functional groups attached to an aromatic ring is 1. The first-order chi connectivity index (χ1) is 7.81. The molecule has 0 saturated carbocycles. The third kappa shape index (κ3) is 4.21. The fourth-order valence-electron chi connectivity index (χ4n) is 1.15. The molecule has 0 amide bonds. The molecule has 17 heavy (non-hydrogen) atoms. The summed E-state index contributed by atoms with van der Waals surface area (Å²) in [7, 11) is 0. The molecule has 0 fully saturated rings. The number of halogens is 3. The topological polar surface area (TPSA) is 61.5 Å². The third-order valence-electron chi connectivity index (χ3n) is 1.67. The molecule has 94 valence electrons. The van der Waals surface area contributed by atoms with Crippen LogP contribution in [0.2, 0.25) is 0 Å². The molecule has 1 aromatic rings. The van der Waals surface area contributed by atoms with Crippen molar-refractivity contribution in [3.63, 3.8) is 0 Å². The van der Waals surface area contributed by atoms with E-state index in [-0.39, 0.29) is 17.9 Å². The van der Waals surface area contributed by atoms with Crippen LogP contribution in [0.15, 0.2) is 18.2 Å². The second-order valence-corrected chi connectivity index (χ2v) is 3.06. The fourth-order valence-corrected chi connectivity index (χ4v) is 1.15. The van der Waals surface area contributed by atoms with E-state index in [0.717, 1.165) is 12.1 Å². The van der Waals surface area contributed by atoms with Gasteiger partial charge in [0.2, 0.25) is 0 Å². The number of alkyl halides is 3. The minimum absolute atomic E-state index is 0.0187. The van der Waals surface area contributed by atoms with E-state index < -0.39 is 18.1 Å². The van der Waals surface area contributed by atoms with Crippen LogP contribution in [-0.4, -0.2) is 18.9 Å². The summed E-state index contributed by atoms with van der Waals surface area (Å²) in [6.45, 7) is 1.69. The van der Waals surface area contributed by atoms with Crippen molar-refractivity contribution in [1.29, 1.82) is 0 Å². The molecule has 0 bridgehead atoms. The highest BCUT2D eigenvalue weighted by Crippen LogP contribution is 2.26. The summed E-state index contributed by atoms with van der Waals surface area (Å²) in [5.74, 6) is -1.31. The average Bonchev–Trinajstić information content (AvgIpc) is 2.14. The second kappa shape index (κ2) is 4.94. The van der Waals surface area contributed by atoms with E-state index in [1.165, 1.54) is 6.07 Å². The highest BCUT2D eigenvalue weighted by atomic mass is 19.4. The zero-order valence-electron chi connectivity index (χ0n) is 8.88. The second-order valence-electron chi connectivity index (χ2n) is 3.06. The standard InChI is InChI=1S/C10H10F3NO3/c1-2-16-9(15)6-3-7(14)5-8(4-6)17-10(11,12)13/h3-5H,2,14H2,1H3. The Morgan fingerprint density at radius 2 is 2.00 bits per heavy atom. The smallest absolute Gasteiger partial charge is 0.462 e. The Hall–Kier alpha value is -1.92. The molecule has 1 rings (SSSR count). The number of hydrogen-bond donors (Lipinski definition) is 1. The molecule has 1 aromatic carbocycles. The van der Waals surface area contributed by atoms with Gasteiger partial charge in [0.25, 0.3) is 0 Å². The van der Waals surface area contributed by atoms with Crippen LogP contribution < -0.4 is 10.5 Å². The van der Waals surface area contributed by atoms with Gasteiger partial charge in [-0.25, -0.2) is 4.79 Å². The minimum Gasteiger partial charge on any atom is -0.462 e. The van der Waals surface area contributed by atoms with Gasteiger partial charge in [-0.15, -0.1) is 13.2 Å². The Kier molecular flexibility index (Phi) is 3.82. The highest BCUT2D eigenvalue weighted by molar-refractivity contribution is 5.91. The molecule has 0 aliphatic rings. The van der Waals surface area contributed by atoms with Crippen molar-refractivity contribution in [2.24, 2.45) is 0 Å². The maximum atomic E-state index is 12.0. The Morgan fingerprint density at radius 1 is 1.35 bits per heavy atom. The third-order valence-corrected chi connectivity index (χ3v) is 1.67. The van der Waals surface area contributed by atoms with Crippen LogP contribution in [0.25, 0.3) is 0 Å². The van der Waals surface area contributed by atoms with Gasteiger partial charge in [0.05, 0.1) is 12.2 Å². The van der Waals surface area contributed by atoms with Crippen LogP contribution in [-0.2, 0) is 4.74 Å². The van der Waals surface area contributed by atoms with Gasteiger partial charge in [-0.05, 0) is 19.1 Å². The van der Waals surface area contributed by atoms with E-state index >= 15 is 0 Å². The molecule has 4 nitrogen and oxygen atoms in total. The molecule has 7 heteroatoms. The van der Waals surface area contributed by atoms with E-state index in [1.807, 2.05) is 0 Å². The molecule has 2 N–H and O–H groups in total. The molecule has 0 saturated heterocycles. The lowest BCUT2D eigenvalue weighted by atomic mass is 10.2. The largest absolute Gasteiger partial charge is 0.573 e.